The second kappa shape index (κ2) is 7.96. The second-order valence-corrected chi connectivity index (χ2v) is 7.28. The smallest absolute Gasteiger partial charge is 0.289 e. The highest BCUT2D eigenvalue weighted by molar-refractivity contribution is 5.92. The highest BCUT2D eigenvalue weighted by Gasteiger charge is 2.32. The maximum absolute atomic E-state index is 12.9. The van der Waals surface area contributed by atoms with Gasteiger partial charge in [0, 0.05) is 20.1 Å². The summed E-state index contributed by atoms with van der Waals surface area (Å²) in [5.41, 5.74) is 0. The van der Waals surface area contributed by atoms with Gasteiger partial charge in [-0.25, -0.2) is 0 Å². The molecule has 0 aliphatic carbocycles. The number of benzene rings is 1. The van der Waals surface area contributed by atoms with E-state index in [1.165, 1.54) is 6.26 Å². The lowest BCUT2D eigenvalue weighted by atomic mass is 9.96. The van der Waals surface area contributed by atoms with Gasteiger partial charge in [-0.05, 0) is 37.1 Å². The third kappa shape index (κ3) is 3.83. The molecule has 148 valence electrons. The van der Waals surface area contributed by atoms with Crippen molar-refractivity contribution in [2.45, 2.75) is 18.9 Å². The van der Waals surface area contributed by atoms with Crippen molar-refractivity contribution in [2.24, 2.45) is 5.92 Å². The van der Waals surface area contributed by atoms with E-state index in [-0.39, 0.29) is 23.8 Å². The van der Waals surface area contributed by atoms with Crippen LogP contribution in [0.25, 0.3) is 0 Å². The Kier molecular flexibility index (Phi) is 5.23. The largest absolute Gasteiger partial charge is 0.486 e. The summed E-state index contributed by atoms with van der Waals surface area (Å²) < 4.78 is 16.9. The molecule has 4 rings (SSSR count). The molecule has 28 heavy (non-hydrogen) atoms. The molecule has 7 heteroatoms. The van der Waals surface area contributed by atoms with Gasteiger partial charge >= 0.3 is 0 Å². The molecule has 2 aliphatic heterocycles. The van der Waals surface area contributed by atoms with Gasteiger partial charge in [-0.3, -0.25) is 9.59 Å². The number of rotatable bonds is 4. The Balaban J connectivity index is 1.34. The van der Waals surface area contributed by atoms with Crippen molar-refractivity contribution in [2.75, 3.05) is 33.3 Å². The summed E-state index contributed by atoms with van der Waals surface area (Å²) >= 11 is 0. The molecule has 0 radical (unpaired) electrons. The van der Waals surface area contributed by atoms with Crippen LogP contribution in [-0.4, -0.2) is 61.0 Å². The molecule has 2 atom stereocenters. The first kappa shape index (κ1) is 18.4. The number of hydrogen-bond donors (Lipinski definition) is 0. The van der Waals surface area contributed by atoms with Gasteiger partial charge in [0.1, 0.15) is 6.61 Å². The highest BCUT2D eigenvalue weighted by atomic mass is 16.6. The predicted octanol–water partition coefficient (Wildman–Crippen LogP) is 2.43. The molecule has 1 fully saturated rings. The van der Waals surface area contributed by atoms with Crippen molar-refractivity contribution in [3.05, 3.63) is 48.4 Å². The lowest BCUT2D eigenvalue weighted by molar-refractivity contribution is -0.137. The summed E-state index contributed by atoms with van der Waals surface area (Å²) in [7, 11) is 1.78. The Morgan fingerprint density at radius 1 is 1.18 bits per heavy atom. The molecule has 0 bridgehead atoms. The molecular weight excluding hydrogens is 360 g/mol. The number of piperidine rings is 1. The SMILES string of the molecule is CN(C[C@@H]1COc2ccccc2O1)C(=O)[C@@H]1CCCN(C(=O)c2ccco2)C1. The number of fused-ring (bicyclic) bond motifs is 1. The van der Waals surface area contributed by atoms with Gasteiger partial charge in [0.25, 0.3) is 5.91 Å². The van der Waals surface area contributed by atoms with E-state index in [1.807, 2.05) is 24.3 Å². The third-order valence-electron chi connectivity index (χ3n) is 5.21. The van der Waals surface area contributed by atoms with Crippen molar-refractivity contribution < 1.29 is 23.5 Å². The number of likely N-dealkylation sites (N-methyl/N-ethyl adjacent to an activating group) is 1. The molecule has 2 amide bonds. The first-order valence-electron chi connectivity index (χ1n) is 9.58. The summed E-state index contributed by atoms with van der Waals surface area (Å²) in [4.78, 5) is 28.8. The first-order valence-corrected chi connectivity index (χ1v) is 9.58. The van der Waals surface area contributed by atoms with E-state index in [0.717, 1.165) is 18.6 Å². The van der Waals surface area contributed by atoms with E-state index in [2.05, 4.69) is 0 Å². The molecule has 7 nitrogen and oxygen atoms in total. The Hall–Kier alpha value is -2.96. The van der Waals surface area contributed by atoms with E-state index >= 15 is 0 Å². The van der Waals surface area contributed by atoms with E-state index in [4.69, 9.17) is 13.9 Å². The molecule has 2 aromatic rings. The molecule has 0 spiro atoms. The zero-order valence-corrected chi connectivity index (χ0v) is 15.9. The van der Waals surface area contributed by atoms with Crippen LogP contribution < -0.4 is 9.47 Å². The summed E-state index contributed by atoms with van der Waals surface area (Å²) in [6.07, 6.45) is 2.84. The van der Waals surface area contributed by atoms with E-state index in [1.54, 1.807) is 29.0 Å². The van der Waals surface area contributed by atoms with Crippen LogP contribution in [0, 0.1) is 5.92 Å². The van der Waals surface area contributed by atoms with Crippen LogP contribution in [0.4, 0.5) is 0 Å². The zero-order chi connectivity index (χ0) is 19.5. The number of carbonyl (C=O) groups is 2. The molecule has 0 unspecified atom stereocenters. The Morgan fingerprint density at radius 3 is 2.79 bits per heavy atom. The van der Waals surface area contributed by atoms with Crippen molar-refractivity contribution in [3.8, 4) is 11.5 Å². The highest BCUT2D eigenvalue weighted by Crippen LogP contribution is 2.31. The number of carbonyl (C=O) groups excluding carboxylic acids is 2. The topological polar surface area (TPSA) is 72.2 Å². The molecule has 1 aromatic heterocycles. The lowest BCUT2D eigenvalue weighted by Crippen LogP contribution is -2.48. The van der Waals surface area contributed by atoms with Gasteiger partial charge in [0.2, 0.25) is 5.91 Å². The Bertz CT molecular complexity index is 835. The van der Waals surface area contributed by atoms with Crippen LogP contribution >= 0.6 is 0 Å². The Morgan fingerprint density at radius 2 is 2.00 bits per heavy atom. The Labute approximate surface area is 163 Å². The molecule has 0 N–H and O–H groups in total. The van der Waals surface area contributed by atoms with E-state index in [0.29, 0.717) is 37.8 Å². The summed E-state index contributed by atoms with van der Waals surface area (Å²) in [5.74, 6) is 1.40. The molecular formula is C21H24N2O5. The van der Waals surface area contributed by atoms with Crippen LogP contribution in [0.3, 0.4) is 0 Å². The van der Waals surface area contributed by atoms with Gasteiger partial charge in [-0.2, -0.15) is 0 Å². The van der Waals surface area contributed by atoms with Gasteiger partial charge in [0.05, 0.1) is 18.7 Å². The summed E-state index contributed by atoms with van der Waals surface area (Å²) in [6, 6.07) is 10.9. The fraction of sp³-hybridized carbons (Fsp3) is 0.429. The van der Waals surface area contributed by atoms with E-state index < -0.39 is 0 Å². The summed E-state index contributed by atoms with van der Waals surface area (Å²) in [6.45, 7) is 1.90. The minimum Gasteiger partial charge on any atom is -0.486 e. The maximum atomic E-state index is 12.9. The van der Waals surface area contributed by atoms with Crippen LogP contribution in [0.5, 0.6) is 11.5 Å². The van der Waals surface area contributed by atoms with Gasteiger partial charge < -0.3 is 23.7 Å². The fourth-order valence-electron chi connectivity index (χ4n) is 3.78. The quantitative estimate of drug-likeness (QED) is 0.810. The monoisotopic (exact) mass is 384 g/mol. The first-order chi connectivity index (χ1) is 13.6. The molecule has 0 saturated carbocycles. The molecule has 2 aliphatic rings. The van der Waals surface area contributed by atoms with Crippen molar-refractivity contribution in [1.29, 1.82) is 0 Å². The minimum absolute atomic E-state index is 0.0272. The number of likely N-dealkylation sites (tertiary alicyclic amines) is 1. The van der Waals surface area contributed by atoms with E-state index in [9.17, 15) is 9.59 Å². The van der Waals surface area contributed by atoms with Crippen LogP contribution in [0.2, 0.25) is 0 Å². The molecule has 1 aromatic carbocycles. The minimum atomic E-state index is -0.215. The van der Waals surface area contributed by atoms with Gasteiger partial charge in [-0.15, -0.1) is 0 Å². The average molecular weight is 384 g/mol. The predicted molar refractivity (Wildman–Crippen MR) is 101 cm³/mol. The number of nitrogens with zero attached hydrogens (tertiary/aromatic N) is 2. The number of para-hydroxylation sites is 2. The van der Waals surface area contributed by atoms with Gasteiger partial charge in [0.15, 0.2) is 23.4 Å². The normalized spacial score (nSPS) is 21.2. The van der Waals surface area contributed by atoms with Crippen LogP contribution in [0.15, 0.2) is 47.1 Å². The number of furan rings is 1. The van der Waals surface area contributed by atoms with Crippen LogP contribution in [0.1, 0.15) is 23.4 Å². The third-order valence-corrected chi connectivity index (χ3v) is 5.21. The summed E-state index contributed by atoms with van der Waals surface area (Å²) in [5, 5.41) is 0. The lowest BCUT2D eigenvalue weighted by Gasteiger charge is -2.35. The fourth-order valence-corrected chi connectivity index (χ4v) is 3.78. The van der Waals surface area contributed by atoms with Crippen molar-refractivity contribution in [3.63, 3.8) is 0 Å². The standard InChI is InChI=1S/C21H24N2O5/c1-22(13-16-14-27-17-7-2-3-8-18(17)28-16)20(24)15-6-4-10-23(12-15)21(25)19-9-5-11-26-19/h2-3,5,7-9,11,15-16H,4,6,10,12-14H2,1H3/t15-,16-/m1/s1. The van der Waals surface area contributed by atoms with Crippen LogP contribution in [-0.2, 0) is 4.79 Å². The maximum Gasteiger partial charge on any atom is 0.289 e. The molecule has 1 saturated heterocycles. The zero-order valence-electron chi connectivity index (χ0n) is 15.9. The number of amides is 2. The average Bonchev–Trinajstić information content (AvgIpc) is 3.27. The number of hydrogen-bond acceptors (Lipinski definition) is 5. The van der Waals surface area contributed by atoms with Gasteiger partial charge in [-0.1, -0.05) is 12.1 Å². The second-order valence-electron chi connectivity index (χ2n) is 7.28. The van der Waals surface area contributed by atoms with Crippen molar-refractivity contribution in [1.82, 2.24) is 9.80 Å². The molecule has 3 heterocycles. The van der Waals surface area contributed by atoms with Crippen molar-refractivity contribution >= 4 is 11.8 Å². The number of ether oxygens (including phenoxy) is 2.